The molecule has 0 radical (unpaired) electrons. The van der Waals surface area contributed by atoms with E-state index in [1.54, 1.807) is 0 Å². The summed E-state index contributed by atoms with van der Waals surface area (Å²) < 4.78 is 27.9. The molecule has 1 saturated heterocycles. The molecule has 1 aliphatic rings. The van der Waals surface area contributed by atoms with Crippen molar-refractivity contribution in [2.75, 3.05) is 30.7 Å². The lowest BCUT2D eigenvalue weighted by Gasteiger charge is -2.32. The summed E-state index contributed by atoms with van der Waals surface area (Å²) in [6.45, 7) is 8.07. The molecule has 1 aromatic carbocycles. The number of likely N-dealkylation sites (tertiary alicyclic amines) is 1. The van der Waals surface area contributed by atoms with Crippen molar-refractivity contribution in [3.8, 4) is 0 Å². The van der Waals surface area contributed by atoms with Crippen LogP contribution in [0.25, 0.3) is 0 Å². The van der Waals surface area contributed by atoms with Gasteiger partial charge in [-0.15, -0.1) is 0 Å². The lowest BCUT2D eigenvalue weighted by molar-refractivity contribution is -0.132. The fourth-order valence-electron chi connectivity index (χ4n) is 3.54. The van der Waals surface area contributed by atoms with Crippen LogP contribution < -0.4 is 16.4 Å². The predicted molar refractivity (Wildman–Crippen MR) is 122 cm³/mol. The SMILES string of the molecule is CC(C)(C)NCCC(=O)N1CCC(Nc2nc(N)c(C(=O)c3c(F)cccc3F)s2)CC1. The van der Waals surface area contributed by atoms with Gasteiger partial charge in [0.05, 0.1) is 5.56 Å². The molecule has 0 saturated carbocycles. The molecule has 1 fully saturated rings. The number of benzene rings is 1. The Morgan fingerprint density at radius 3 is 2.44 bits per heavy atom. The normalized spacial score (nSPS) is 15.1. The number of hydrogen-bond donors (Lipinski definition) is 3. The summed E-state index contributed by atoms with van der Waals surface area (Å²) in [5.74, 6) is -2.64. The van der Waals surface area contributed by atoms with Crippen molar-refractivity contribution in [3.63, 3.8) is 0 Å². The van der Waals surface area contributed by atoms with Gasteiger partial charge in [-0.2, -0.15) is 0 Å². The largest absolute Gasteiger partial charge is 0.382 e. The van der Waals surface area contributed by atoms with Gasteiger partial charge in [0.15, 0.2) is 5.13 Å². The van der Waals surface area contributed by atoms with E-state index in [0.29, 0.717) is 31.2 Å². The van der Waals surface area contributed by atoms with Crippen LogP contribution in [0.1, 0.15) is 55.3 Å². The number of piperidine rings is 1. The van der Waals surface area contributed by atoms with Gasteiger partial charge in [0.2, 0.25) is 11.7 Å². The highest BCUT2D eigenvalue weighted by Gasteiger charge is 2.26. The van der Waals surface area contributed by atoms with Crippen molar-refractivity contribution in [2.45, 2.75) is 51.6 Å². The summed E-state index contributed by atoms with van der Waals surface area (Å²) in [6.07, 6.45) is 1.91. The first-order valence-electron chi connectivity index (χ1n) is 10.6. The van der Waals surface area contributed by atoms with Crippen LogP contribution in [0.15, 0.2) is 18.2 Å². The van der Waals surface area contributed by atoms with Gasteiger partial charge in [0.1, 0.15) is 22.3 Å². The number of carbonyl (C=O) groups is 2. The van der Waals surface area contributed by atoms with E-state index in [0.717, 1.165) is 36.3 Å². The van der Waals surface area contributed by atoms with Crippen molar-refractivity contribution in [2.24, 2.45) is 0 Å². The number of halogens is 2. The van der Waals surface area contributed by atoms with Crippen LogP contribution in [-0.4, -0.2) is 52.8 Å². The van der Waals surface area contributed by atoms with Crippen LogP contribution in [-0.2, 0) is 4.79 Å². The zero-order chi connectivity index (χ0) is 23.5. The quantitative estimate of drug-likeness (QED) is 0.542. The Morgan fingerprint density at radius 1 is 1.22 bits per heavy atom. The molecule has 0 aliphatic carbocycles. The third-order valence-electron chi connectivity index (χ3n) is 5.22. The minimum atomic E-state index is -0.938. The topological polar surface area (TPSA) is 100 Å². The number of hydrogen-bond acceptors (Lipinski definition) is 7. The minimum Gasteiger partial charge on any atom is -0.382 e. The number of nitrogens with two attached hydrogens (primary N) is 1. The van der Waals surface area contributed by atoms with E-state index >= 15 is 0 Å². The summed E-state index contributed by atoms with van der Waals surface area (Å²) >= 11 is 0.975. The highest BCUT2D eigenvalue weighted by atomic mass is 32.1. The molecule has 32 heavy (non-hydrogen) atoms. The maximum atomic E-state index is 14.0. The fraction of sp³-hybridized carbons (Fsp3) is 0.500. The standard InChI is InChI=1S/C22H29F2N5O2S/c1-22(2,3)26-10-7-16(30)29-11-8-13(9-12-29)27-21-28-20(25)19(32-21)18(31)17-14(23)5-4-6-15(17)24/h4-6,13,26H,7-12,25H2,1-3H3,(H,27,28). The van der Waals surface area contributed by atoms with Crippen molar-refractivity contribution < 1.29 is 18.4 Å². The van der Waals surface area contributed by atoms with Gasteiger partial charge in [-0.25, -0.2) is 13.8 Å². The monoisotopic (exact) mass is 465 g/mol. The van der Waals surface area contributed by atoms with Crippen LogP contribution in [0.4, 0.5) is 19.7 Å². The van der Waals surface area contributed by atoms with Crippen LogP contribution in [0.2, 0.25) is 0 Å². The lowest BCUT2D eigenvalue weighted by Crippen LogP contribution is -2.44. The van der Waals surface area contributed by atoms with E-state index in [-0.39, 0.29) is 28.2 Å². The lowest BCUT2D eigenvalue weighted by atomic mass is 10.0. The Bertz CT molecular complexity index is 961. The first-order chi connectivity index (χ1) is 15.0. The molecular formula is C22H29F2N5O2S. The molecule has 2 heterocycles. The average Bonchev–Trinajstić information content (AvgIpc) is 3.07. The van der Waals surface area contributed by atoms with Gasteiger partial charge in [0, 0.05) is 37.6 Å². The molecule has 7 nitrogen and oxygen atoms in total. The summed E-state index contributed by atoms with van der Waals surface area (Å²) in [6, 6.07) is 3.32. The molecule has 1 aromatic heterocycles. The van der Waals surface area contributed by atoms with Crippen molar-refractivity contribution in [1.29, 1.82) is 0 Å². The maximum Gasteiger partial charge on any atom is 0.223 e. The molecule has 0 atom stereocenters. The smallest absolute Gasteiger partial charge is 0.223 e. The first kappa shape index (κ1) is 24.1. The van der Waals surface area contributed by atoms with Gasteiger partial charge in [-0.05, 0) is 45.7 Å². The molecule has 0 spiro atoms. The van der Waals surface area contributed by atoms with Gasteiger partial charge in [0.25, 0.3) is 0 Å². The molecule has 1 amide bonds. The van der Waals surface area contributed by atoms with Crippen LogP contribution in [0, 0.1) is 11.6 Å². The van der Waals surface area contributed by atoms with E-state index < -0.39 is 23.0 Å². The Morgan fingerprint density at radius 2 is 1.84 bits per heavy atom. The van der Waals surface area contributed by atoms with E-state index in [1.807, 2.05) is 4.90 Å². The second kappa shape index (κ2) is 9.91. The number of carbonyl (C=O) groups excluding carboxylic acids is 2. The number of rotatable bonds is 7. The van der Waals surface area contributed by atoms with Crippen LogP contribution in [0.5, 0.6) is 0 Å². The number of anilines is 2. The first-order valence-corrected chi connectivity index (χ1v) is 11.4. The molecule has 10 heteroatoms. The average molecular weight is 466 g/mol. The number of amides is 1. The number of nitrogens with one attached hydrogen (secondary N) is 2. The zero-order valence-corrected chi connectivity index (χ0v) is 19.3. The molecule has 0 bridgehead atoms. The van der Waals surface area contributed by atoms with Gasteiger partial charge in [-0.3, -0.25) is 9.59 Å². The molecule has 3 rings (SSSR count). The number of nitrogen functional groups attached to an aromatic ring is 1. The number of ketones is 1. The van der Waals surface area contributed by atoms with E-state index in [9.17, 15) is 18.4 Å². The van der Waals surface area contributed by atoms with Crippen LogP contribution >= 0.6 is 11.3 Å². The Balaban J connectivity index is 1.55. The third kappa shape index (κ3) is 6.01. The molecular weight excluding hydrogens is 436 g/mol. The third-order valence-corrected chi connectivity index (χ3v) is 6.22. The Hall–Kier alpha value is -2.59. The summed E-state index contributed by atoms with van der Waals surface area (Å²) in [5.41, 5.74) is 5.20. The maximum absolute atomic E-state index is 14.0. The molecule has 1 aliphatic heterocycles. The highest BCUT2D eigenvalue weighted by molar-refractivity contribution is 7.18. The van der Waals surface area contributed by atoms with Crippen LogP contribution in [0.3, 0.4) is 0 Å². The minimum absolute atomic E-state index is 0.00420. The molecule has 2 aromatic rings. The Labute approximate surface area is 190 Å². The van der Waals surface area contributed by atoms with Crippen molar-refractivity contribution in [1.82, 2.24) is 15.2 Å². The predicted octanol–water partition coefficient (Wildman–Crippen LogP) is 3.42. The van der Waals surface area contributed by atoms with Crippen molar-refractivity contribution in [3.05, 3.63) is 40.3 Å². The van der Waals surface area contributed by atoms with E-state index in [2.05, 4.69) is 36.4 Å². The van der Waals surface area contributed by atoms with Crippen molar-refractivity contribution >= 4 is 34.0 Å². The molecule has 4 N–H and O–H groups in total. The fourth-order valence-corrected chi connectivity index (χ4v) is 4.44. The van der Waals surface area contributed by atoms with E-state index in [1.165, 1.54) is 6.07 Å². The summed E-state index contributed by atoms with van der Waals surface area (Å²) in [4.78, 5) is 31.0. The summed E-state index contributed by atoms with van der Waals surface area (Å²) in [7, 11) is 0. The second-order valence-electron chi connectivity index (χ2n) is 8.89. The molecule has 0 unspecified atom stereocenters. The number of thiazole rings is 1. The second-order valence-corrected chi connectivity index (χ2v) is 9.88. The zero-order valence-electron chi connectivity index (χ0n) is 18.5. The molecule has 174 valence electrons. The summed E-state index contributed by atoms with van der Waals surface area (Å²) in [5, 5.41) is 6.97. The Kier molecular flexibility index (Phi) is 7.45. The van der Waals surface area contributed by atoms with Gasteiger partial charge in [-0.1, -0.05) is 17.4 Å². The van der Waals surface area contributed by atoms with Gasteiger partial charge >= 0.3 is 0 Å². The van der Waals surface area contributed by atoms with Gasteiger partial charge < -0.3 is 21.3 Å². The number of aromatic nitrogens is 1. The number of nitrogens with zero attached hydrogens (tertiary/aromatic N) is 2. The van der Waals surface area contributed by atoms with E-state index in [4.69, 9.17) is 5.73 Å². The highest BCUT2D eigenvalue weighted by Crippen LogP contribution is 2.30.